The quantitative estimate of drug-likeness (QED) is 0.868. The molecule has 0 saturated carbocycles. The van der Waals surface area contributed by atoms with E-state index in [1.165, 1.54) is 6.42 Å². The van der Waals surface area contributed by atoms with Crippen LogP contribution in [-0.2, 0) is 11.3 Å². The summed E-state index contributed by atoms with van der Waals surface area (Å²) >= 11 is 0. The van der Waals surface area contributed by atoms with Crippen LogP contribution in [-0.4, -0.2) is 41.1 Å². The van der Waals surface area contributed by atoms with Crippen LogP contribution < -0.4 is 5.32 Å². The number of hydrogen-bond acceptors (Lipinski definition) is 3. The van der Waals surface area contributed by atoms with Crippen LogP contribution in [0.2, 0.25) is 0 Å². The zero-order valence-corrected chi connectivity index (χ0v) is 12.7. The second kappa shape index (κ2) is 9.18. The first-order valence-corrected chi connectivity index (χ1v) is 6.18. The van der Waals surface area contributed by atoms with E-state index in [4.69, 9.17) is 0 Å². The van der Waals surface area contributed by atoms with Gasteiger partial charge in [0.25, 0.3) is 0 Å². The third-order valence-electron chi connectivity index (χ3n) is 3.32. The number of halogens is 2. The van der Waals surface area contributed by atoms with Crippen LogP contribution in [0.1, 0.15) is 25.0 Å². The molecule has 0 aliphatic carbocycles. The van der Waals surface area contributed by atoms with Gasteiger partial charge >= 0.3 is 0 Å². The number of carbonyl (C=O) groups is 1. The van der Waals surface area contributed by atoms with Gasteiger partial charge < -0.3 is 10.2 Å². The van der Waals surface area contributed by atoms with Gasteiger partial charge in [-0.25, -0.2) is 0 Å². The lowest BCUT2D eigenvalue weighted by molar-refractivity contribution is -0.130. The first kappa shape index (κ1) is 18.2. The molecule has 1 aliphatic heterocycles. The number of rotatable bonds is 5. The van der Waals surface area contributed by atoms with Crippen LogP contribution in [0.4, 0.5) is 0 Å². The molecular formula is C12H22Cl2N4O. The predicted molar refractivity (Wildman–Crippen MR) is 79.8 cm³/mol. The molecule has 1 fully saturated rings. The molecule has 1 saturated heterocycles. The van der Waals surface area contributed by atoms with Crippen molar-refractivity contribution in [3.8, 4) is 0 Å². The van der Waals surface area contributed by atoms with Crippen molar-refractivity contribution >= 4 is 30.7 Å². The van der Waals surface area contributed by atoms with E-state index in [1.807, 2.05) is 13.1 Å². The fraction of sp³-hybridized carbons (Fsp3) is 0.667. The van der Waals surface area contributed by atoms with Crippen molar-refractivity contribution in [1.82, 2.24) is 20.4 Å². The summed E-state index contributed by atoms with van der Waals surface area (Å²) in [4.78, 5) is 13.7. The number of aromatic amines is 1. The molecule has 0 aromatic carbocycles. The maximum Gasteiger partial charge on any atom is 0.222 e. The zero-order valence-electron chi connectivity index (χ0n) is 11.1. The topological polar surface area (TPSA) is 61.0 Å². The number of carbonyl (C=O) groups excluding carboxylic acids is 1. The zero-order chi connectivity index (χ0) is 12.1. The van der Waals surface area contributed by atoms with Gasteiger partial charge in [-0.3, -0.25) is 9.89 Å². The molecule has 1 atom stereocenters. The molecule has 0 radical (unpaired) electrons. The highest BCUT2D eigenvalue weighted by Crippen LogP contribution is 2.15. The SMILES string of the molecule is CN(Cc1ccn[nH]1)C(=O)CCC1CCNC1.Cl.Cl. The highest BCUT2D eigenvalue weighted by atomic mass is 35.5. The molecule has 2 rings (SSSR count). The Labute approximate surface area is 126 Å². The fourth-order valence-corrected chi connectivity index (χ4v) is 2.20. The van der Waals surface area contributed by atoms with Gasteiger partial charge in [0.05, 0.1) is 12.2 Å². The molecule has 5 nitrogen and oxygen atoms in total. The van der Waals surface area contributed by atoms with Crippen molar-refractivity contribution < 1.29 is 4.79 Å². The van der Waals surface area contributed by atoms with Crippen molar-refractivity contribution in [3.63, 3.8) is 0 Å². The van der Waals surface area contributed by atoms with E-state index in [0.29, 0.717) is 18.9 Å². The lowest BCUT2D eigenvalue weighted by Crippen LogP contribution is -2.26. The molecule has 2 N–H and O–H groups in total. The number of amides is 1. The number of aromatic nitrogens is 2. The van der Waals surface area contributed by atoms with Gasteiger partial charge in [0.15, 0.2) is 0 Å². The average Bonchev–Trinajstić information content (AvgIpc) is 2.98. The van der Waals surface area contributed by atoms with Gasteiger partial charge in [0.1, 0.15) is 0 Å². The Morgan fingerprint density at radius 1 is 1.53 bits per heavy atom. The monoisotopic (exact) mass is 308 g/mol. The van der Waals surface area contributed by atoms with Gasteiger partial charge in [-0.1, -0.05) is 0 Å². The van der Waals surface area contributed by atoms with Gasteiger partial charge in [-0.15, -0.1) is 24.8 Å². The van der Waals surface area contributed by atoms with E-state index in [0.717, 1.165) is 25.2 Å². The fourth-order valence-electron chi connectivity index (χ4n) is 2.20. The summed E-state index contributed by atoms with van der Waals surface area (Å²) < 4.78 is 0. The highest BCUT2D eigenvalue weighted by molar-refractivity contribution is 5.85. The van der Waals surface area contributed by atoms with Crippen LogP contribution in [0.15, 0.2) is 12.3 Å². The standard InChI is InChI=1S/C12H20N4O.2ClH/c1-16(9-11-5-7-14-15-11)12(17)3-2-10-4-6-13-8-10;;/h5,7,10,13H,2-4,6,8-9H2,1H3,(H,14,15);2*1H. The Morgan fingerprint density at radius 3 is 2.89 bits per heavy atom. The first-order valence-electron chi connectivity index (χ1n) is 6.18. The minimum atomic E-state index is 0. The number of H-pyrrole nitrogens is 1. The summed E-state index contributed by atoms with van der Waals surface area (Å²) in [5.74, 6) is 0.894. The molecule has 2 heterocycles. The number of hydrogen-bond donors (Lipinski definition) is 2. The Kier molecular flexibility index (Phi) is 8.80. The molecule has 0 spiro atoms. The summed E-state index contributed by atoms with van der Waals surface area (Å²) in [6.45, 7) is 2.78. The molecule has 1 aromatic heterocycles. The van der Waals surface area contributed by atoms with E-state index in [9.17, 15) is 4.79 Å². The summed E-state index contributed by atoms with van der Waals surface area (Å²) in [6.07, 6.45) is 4.56. The van der Waals surface area contributed by atoms with Crippen molar-refractivity contribution in [3.05, 3.63) is 18.0 Å². The third-order valence-corrected chi connectivity index (χ3v) is 3.32. The second-order valence-corrected chi connectivity index (χ2v) is 4.73. The summed E-state index contributed by atoms with van der Waals surface area (Å²) in [5.41, 5.74) is 0.975. The minimum absolute atomic E-state index is 0. The molecule has 1 unspecified atom stereocenters. The second-order valence-electron chi connectivity index (χ2n) is 4.73. The first-order chi connectivity index (χ1) is 8.25. The van der Waals surface area contributed by atoms with Crippen molar-refractivity contribution in [2.75, 3.05) is 20.1 Å². The predicted octanol–water partition coefficient (Wildman–Crippen LogP) is 1.60. The third kappa shape index (κ3) is 5.80. The number of nitrogens with one attached hydrogen (secondary N) is 2. The molecule has 1 aliphatic rings. The van der Waals surface area contributed by atoms with Gasteiger partial charge in [-0.2, -0.15) is 5.10 Å². The lowest BCUT2D eigenvalue weighted by Gasteiger charge is -2.17. The molecule has 7 heteroatoms. The molecule has 0 bridgehead atoms. The smallest absolute Gasteiger partial charge is 0.222 e. The molecule has 19 heavy (non-hydrogen) atoms. The van der Waals surface area contributed by atoms with Crippen molar-refractivity contribution in [2.24, 2.45) is 5.92 Å². The largest absolute Gasteiger partial charge is 0.340 e. The molecular weight excluding hydrogens is 287 g/mol. The average molecular weight is 309 g/mol. The Bertz CT molecular complexity index is 353. The summed E-state index contributed by atoms with van der Waals surface area (Å²) in [7, 11) is 1.84. The van der Waals surface area contributed by atoms with E-state index >= 15 is 0 Å². The lowest BCUT2D eigenvalue weighted by atomic mass is 10.0. The van der Waals surface area contributed by atoms with Crippen LogP contribution in [0.25, 0.3) is 0 Å². The normalized spacial score (nSPS) is 17.4. The number of nitrogens with zero attached hydrogens (tertiary/aromatic N) is 2. The van der Waals surface area contributed by atoms with Gasteiger partial charge in [0.2, 0.25) is 5.91 Å². The summed E-state index contributed by atoms with van der Waals surface area (Å²) in [6, 6.07) is 1.89. The van der Waals surface area contributed by atoms with Crippen molar-refractivity contribution in [2.45, 2.75) is 25.8 Å². The maximum atomic E-state index is 11.9. The van der Waals surface area contributed by atoms with Crippen LogP contribution in [0, 0.1) is 5.92 Å². The maximum absolute atomic E-state index is 11.9. The van der Waals surface area contributed by atoms with E-state index in [2.05, 4.69) is 15.5 Å². The van der Waals surface area contributed by atoms with Crippen LogP contribution in [0.5, 0.6) is 0 Å². The minimum Gasteiger partial charge on any atom is -0.340 e. The Balaban J connectivity index is 0.00000162. The van der Waals surface area contributed by atoms with E-state index in [1.54, 1.807) is 11.1 Å². The van der Waals surface area contributed by atoms with E-state index < -0.39 is 0 Å². The van der Waals surface area contributed by atoms with Crippen LogP contribution in [0.3, 0.4) is 0 Å². The Hall–Kier alpha value is -0.780. The molecule has 1 amide bonds. The molecule has 1 aromatic rings. The Morgan fingerprint density at radius 2 is 2.32 bits per heavy atom. The van der Waals surface area contributed by atoms with E-state index in [-0.39, 0.29) is 30.7 Å². The molecule has 110 valence electrons. The van der Waals surface area contributed by atoms with Gasteiger partial charge in [-0.05, 0) is 37.9 Å². The van der Waals surface area contributed by atoms with Gasteiger partial charge in [0, 0.05) is 19.7 Å². The van der Waals surface area contributed by atoms with Crippen molar-refractivity contribution in [1.29, 1.82) is 0 Å². The highest BCUT2D eigenvalue weighted by Gasteiger charge is 2.17. The van der Waals surface area contributed by atoms with Crippen LogP contribution >= 0.6 is 24.8 Å². The summed E-state index contributed by atoms with van der Waals surface area (Å²) in [5, 5.41) is 10.1.